The highest BCUT2D eigenvalue weighted by Gasteiger charge is 2.26. The van der Waals surface area contributed by atoms with Crippen LogP contribution < -0.4 is 5.73 Å². The number of hydrogen-bond donors (Lipinski definition) is 2. The van der Waals surface area contributed by atoms with Crippen molar-refractivity contribution >= 4 is 49.4 Å². The quantitative estimate of drug-likeness (QED) is 0.558. The molecule has 0 bridgehead atoms. The fourth-order valence-electron chi connectivity index (χ4n) is 2.76. The molecule has 1 aromatic carbocycles. The number of anilines is 1. The molecule has 25 heavy (non-hydrogen) atoms. The van der Waals surface area contributed by atoms with Gasteiger partial charge in [-0.25, -0.2) is 22.4 Å². The van der Waals surface area contributed by atoms with Crippen LogP contribution in [-0.2, 0) is 10.0 Å². The van der Waals surface area contributed by atoms with Crippen LogP contribution in [0, 0.1) is 0 Å². The van der Waals surface area contributed by atoms with Crippen molar-refractivity contribution in [3.8, 4) is 5.75 Å². The SMILES string of the molecule is Nc1ncc2c(c1O)c1cc(Cl)cnc1n2S(=O)(=O)c1ccccc1. The second-order valence-electron chi connectivity index (χ2n) is 5.36. The van der Waals surface area contributed by atoms with Crippen LogP contribution in [0.2, 0.25) is 5.02 Å². The summed E-state index contributed by atoms with van der Waals surface area (Å²) in [4.78, 5) is 8.11. The number of rotatable bonds is 2. The Labute approximate surface area is 147 Å². The lowest BCUT2D eigenvalue weighted by atomic mass is 10.2. The van der Waals surface area contributed by atoms with E-state index >= 15 is 0 Å². The molecule has 9 heteroatoms. The lowest BCUT2D eigenvalue weighted by Crippen LogP contribution is -2.13. The summed E-state index contributed by atoms with van der Waals surface area (Å²) >= 11 is 6.00. The summed E-state index contributed by atoms with van der Waals surface area (Å²) in [5, 5.41) is 11.2. The van der Waals surface area contributed by atoms with E-state index in [9.17, 15) is 13.5 Å². The Morgan fingerprint density at radius 2 is 1.84 bits per heavy atom. The van der Waals surface area contributed by atoms with E-state index < -0.39 is 10.0 Å². The largest absolute Gasteiger partial charge is 0.504 e. The van der Waals surface area contributed by atoms with Crippen molar-refractivity contribution in [2.75, 3.05) is 5.73 Å². The molecule has 0 atom stereocenters. The van der Waals surface area contributed by atoms with Gasteiger partial charge >= 0.3 is 0 Å². The summed E-state index contributed by atoms with van der Waals surface area (Å²) in [6.45, 7) is 0. The molecule has 4 rings (SSSR count). The standard InChI is InChI=1S/C16H11ClN4O3S/c17-9-6-11-13-12(8-19-15(18)14(13)22)21(16(11)20-7-9)25(23,24)10-4-2-1-3-5-10/h1-8,22H,(H2,18,19). The Kier molecular flexibility index (Phi) is 3.34. The first-order valence-corrected chi connectivity index (χ1v) is 8.97. The van der Waals surface area contributed by atoms with Crippen LogP contribution in [0.25, 0.3) is 21.9 Å². The van der Waals surface area contributed by atoms with Crippen molar-refractivity contribution in [1.82, 2.24) is 13.9 Å². The summed E-state index contributed by atoms with van der Waals surface area (Å²) in [5.74, 6) is -0.419. The van der Waals surface area contributed by atoms with Gasteiger partial charge in [0.05, 0.1) is 27.0 Å². The molecule has 126 valence electrons. The van der Waals surface area contributed by atoms with Crippen LogP contribution in [0.4, 0.5) is 5.82 Å². The summed E-state index contributed by atoms with van der Waals surface area (Å²) < 4.78 is 27.3. The van der Waals surface area contributed by atoms with Crippen molar-refractivity contribution in [1.29, 1.82) is 0 Å². The Hall–Kier alpha value is -2.84. The minimum Gasteiger partial charge on any atom is -0.504 e. The maximum absolute atomic E-state index is 13.2. The molecule has 4 aromatic rings. The number of nitrogens with two attached hydrogens (primary N) is 1. The first kappa shape index (κ1) is 15.7. The van der Waals surface area contributed by atoms with Gasteiger partial charge in [-0.15, -0.1) is 0 Å². The van der Waals surface area contributed by atoms with Gasteiger partial charge in [-0.3, -0.25) is 0 Å². The Morgan fingerprint density at radius 3 is 2.56 bits per heavy atom. The molecular weight excluding hydrogens is 364 g/mol. The number of hydrogen-bond acceptors (Lipinski definition) is 6. The molecule has 0 fully saturated rings. The molecule has 7 nitrogen and oxygen atoms in total. The van der Waals surface area contributed by atoms with Crippen molar-refractivity contribution in [3.05, 3.63) is 53.8 Å². The number of pyridine rings is 2. The number of aromatic hydroxyl groups is 1. The molecule has 3 aromatic heterocycles. The number of nitrogen functional groups attached to an aromatic ring is 1. The van der Waals surface area contributed by atoms with Gasteiger partial charge in [0, 0.05) is 11.6 Å². The molecule has 0 saturated heterocycles. The normalized spacial score (nSPS) is 12.0. The first-order chi connectivity index (χ1) is 11.9. The van der Waals surface area contributed by atoms with Gasteiger partial charge in [0.2, 0.25) is 0 Å². The van der Waals surface area contributed by atoms with Crippen LogP contribution in [0.5, 0.6) is 5.75 Å². The highest BCUT2D eigenvalue weighted by Crippen LogP contribution is 2.39. The number of fused-ring (bicyclic) bond motifs is 3. The van der Waals surface area contributed by atoms with E-state index in [1.54, 1.807) is 18.2 Å². The van der Waals surface area contributed by atoms with E-state index in [-0.39, 0.29) is 33.0 Å². The fraction of sp³-hybridized carbons (Fsp3) is 0. The van der Waals surface area contributed by atoms with Crippen LogP contribution >= 0.6 is 11.6 Å². The Balaban J connectivity index is 2.23. The monoisotopic (exact) mass is 374 g/mol. The molecule has 0 amide bonds. The van der Waals surface area contributed by atoms with Crippen molar-refractivity contribution in [2.24, 2.45) is 0 Å². The fourth-order valence-corrected chi connectivity index (χ4v) is 4.40. The number of nitrogens with zero attached hydrogens (tertiary/aromatic N) is 3. The van der Waals surface area contributed by atoms with Gasteiger partial charge in [-0.05, 0) is 18.2 Å². The highest BCUT2D eigenvalue weighted by atomic mass is 35.5. The van der Waals surface area contributed by atoms with Gasteiger partial charge in [0.1, 0.15) is 0 Å². The third-order valence-electron chi connectivity index (χ3n) is 3.86. The molecular formula is C16H11ClN4O3S. The van der Waals surface area contributed by atoms with Crippen LogP contribution in [-0.4, -0.2) is 27.5 Å². The zero-order chi connectivity index (χ0) is 17.8. The minimum atomic E-state index is -3.97. The maximum Gasteiger partial charge on any atom is 0.269 e. The second kappa shape index (κ2) is 5.33. The van der Waals surface area contributed by atoms with Crippen molar-refractivity contribution in [2.45, 2.75) is 4.90 Å². The molecule has 0 unspecified atom stereocenters. The van der Waals surface area contributed by atoms with E-state index in [0.29, 0.717) is 10.4 Å². The van der Waals surface area contributed by atoms with Crippen LogP contribution in [0.3, 0.4) is 0 Å². The van der Waals surface area contributed by atoms with Crippen LogP contribution in [0.1, 0.15) is 0 Å². The van der Waals surface area contributed by atoms with Gasteiger partial charge in [-0.1, -0.05) is 29.8 Å². The van der Waals surface area contributed by atoms with E-state index in [0.717, 1.165) is 3.97 Å². The van der Waals surface area contributed by atoms with E-state index in [2.05, 4.69) is 9.97 Å². The van der Waals surface area contributed by atoms with E-state index in [1.807, 2.05) is 0 Å². The number of aromatic nitrogens is 3. The summed E-state index contributed by atoms with van der Waals surface area (Å²) in [5.41, 5.74) is 5.97. The Bertz CT molecular complexity index is 1240. The zero-order valence-electron chi connectivity index (χ0n) is 12.6. The number of benzene rings is 1. The Morgan fingerprint density at radius 1 is 1.12 bits per heavy atom. The predicted molar refractivity (Wildman–Crippen MR) is 95.1 cm³/mol. The van der Waals surface area contributed by atoms with Gasteiger partial charge in [-0.2, -0.15) is 0 Å². The smallest absolute Gasteiger partial charge is 0.269 e. The minimum absolute atomic E-state index is 0.0851. The molecule has 0 aliphatic carbocycles. The molecule has 3 N–H and O–H groups in total. The molecule has 0 saturated carbocycles. The summed E-state index contributed by atoms with van der Waals surface area (Å²) in [7, 11) is -3.97. The lowest BCUT2D eigenvalue weighted by Gasteiger charge is -2.08. The maximum atomic E-state index is 13.2. The predicted octanol–water partition coefficient (Wildman–Crippen LogP) is 2.76. The summed E-state index contributed by atoms with van der Waals surface area (Å²) in [6.07, 6.45) is 2.63. The molecule has 0 aliphatic heterocycles. The van der Waals surface area contributed by atoms with Gasteiger partial charge in [0.25, 0.3) is 10.0 Å². The summed E-state index contributed by atoms with van der Waals surface area (Å²) in [6, 6.07) is 9.46. The molecule has 0 aliphatic rings. The van der Waals surface area contributed by atoms with Crippen LogP contribution in [0.15, 0.2) is 53.7 Å². The first-order valence-electron chi connectivity index (χ1n) is 7.15. The average Bonchev–Trinajstić information content (AvgIpc) is 2.93. The zero-order valence-corrected chi connectivity index (χ0v) is 14.2. The molecule has 0 radical (unpaired) electrons. The third kappa shape index (κ3) is 2.22. The van der Waals surface area contributed by atoms with E-state index in [1.165, 1.54) is 30.6 Å². The second-order valence-corrected chi connectivity index (χ2v) is 7.58. The average molecular weight is 375 g/mol. The van der Waals surface area contributed by atoms with Crippen molar-refractivity contribution in [3.63, 3.8) is 0 Å². The molecule has 0 spiro atoms. The van der Waals surface area contributed by atoms with Gasteiger partial charge < -0.3 is 10.8 Å². The van der Waals surface area contributed by atoms with Gasteiger partial charge in [0.15, 0.2) is 17.2 Å². The topological polar surface area (TPSA) is 111 Å². The molecule has 3 heterocycles. The van der Waals surface area contributed by atoms with E-state index in [4.69, 9.17) is 17.3 Å². The lowest BCUT2D eigenvalue weighted by molar-refractivity contribution is 0.482. The third-order valence-corrected chi connectivity index (χ3v) is 5.78. The highest BCUT2D eigenvalue weighted by molar-refractivity contribution is 7.90. The van der Waals surface area contributed by atoms with Crippen molar-refractivity contribution < 1.29 is 13.5 Å². The number of halogens is 1.